The van der Waals surface area contributed by atoms with Crippen LogP contribution in [0.15, 0.2) is 82.5 Å². The molecule has 138 valence electrons. The van der Waals surface area contributed by atoms with Crippen LogP contribution in [0, 0.1) is 0 Å². The summed E-state index contributed by atoms with van der Waals surface area (Å²) in [4.78, 5) is 19.4. The SMILES string of the molecule is O=c1c(-c2ccccc2)coc2c3c(ccc12)OCN(Cc1cccnc1)C3. The summed E-state index contributed by atoms with van der Waals surface area (Å²) in [6.07, 6.45) is 5.17. The summed E-state index contributed by atoms with van der Waals surface area (Å²) in [5, 5.41) is 0.576. The summed E-state index contributed by atoms with van der Waals surface area (Å²) in [6, 6.07) is 17.2. The molecule has 1 aliphatic heterocycles. The van der Waals surface area contributed by atoms with Crippen LogP contribution in [0.25, 0.3) is 22.1 Å². The lowest BCUT2D eigenvalue weighted by Crippen LogP contribution is -2.31. The van der Waals surface area contributed by atoms with Gasteiger partial charge in [-0.25, -0.2) is 0 Å². The first kappa shape index (κ1) is 16.7. The van der Waals surface area contributed by atoms with Gasteiger partial charge in [0.1, 0.15) is 24.3 Å². The summed E-state index contributed by atoms with van der Waals surface area (Å²) in [5.74, 6) is 0.769. The van der Waals surface area contributed by atoms with Gasteiger partial charge in [0.25, 0.3) is 0 Å². The minimum Gasteiger partial charge on any atom is -0.478 e. The number of nitrogens with zero attached hydrogens (tertiary/aromatic N) is 2. The van der Waals surface area contributed by atoms with E-state index in [0.717, 1.165) is 29.0 Å². The zero-order valence-electron chi connectivity index (χ0n) is 15.2. The molecule has 0 amide bonds. The quantitative estimate of drug-likeness (QED) is 0.541. The summed E-state index contributed by atoms with van der Waals surface area (Å²) < 4.78 is 11.9. The molecule has 0 spiro atoms. The van der Waals surface area contributed by atoms with Gasteiger partial charge in [0.05, 0.1) is 16.5 Å². The summed E-state index contributed by atoms with van der Waals surface area (Å²) in [7, 11) is 0. The molecule has 0 aliphatic carbocycles. The molecule has 5 rings (SSSR count). The minimum atomic E-state index is -0.0281. The predicted octanol–water partition coefficient (Wildman–Crippen LogP) is 4.21. The highest BCUT2D eigenvalue weighted by Crippen LogP contribution is 2.32. The van der Waals surface area contributed by atoms with Crippen molar-refractivity contribution in [3.05, 3.63) is 94.6 Å². The highest BCUT2D eigenvalue weighted by atomic mass is 16.5. The smallest absolute Gasteiger partial charge is 0.200 e. The average Bonchev–Trinajstić information content (AvgIpc) is 2.75. The molecule has 0 radical (unpaired) electrons. The van der Waals surface area contributed by atoms with E-state index in [1.807, 2.05) is 54.7 Å². The van der Waals surface area contributed by atoms with Crippen molar-refractivity contribution in [2.45, 2.75) is 13.1 Å². The van der Waals surface area contributed by atoms with Gasteiger partial charge < -0.3 is 9.15 Å². The van der Waals surface area contributed by atoms with Gasteiger partial charge in [0.2, 0.25) is 5.43 Å². The second-order valence-electron chi connectivity index (χ2n) is 6.89. The molecule has 0 N–H and O–H groups in total. The Kier molecular flexibility index (Phi) is 4.14. The summed E-state index contributed by atoms with van der Waals surface area (Å²) in [5.41, 5.74) is 4.01. The number of aromatic nitrogens is 1. The molecule has 2 aromatic heterocycles. The number of ether oxygens (including phenoxy) is 1. The molecule has 0 bridgehead atoms. The number of hydrogen-bond acceptors (Lipinski definition) is 5. The normalized spacial score (nSPS) is 13.9. The molecule has 0 fully saturated rings. The third-order valence-electron chi connectivity index (χ3n) is 5.00. The molecule has 0 unspecified atom stereocenters. The molecular weight excluding hydrogens is 352 g/mol. The first-order chi connectivity index (χ1) is 13.8. The second kappa shape index (κ2) is 6.94. The zero-order valence-corrected chi connectivity index (χ0v) is 15.2. The Labute approximate surface area is 161 Å². The maximum atomic E-state index is 13.1. The number of pyridine rings is 1. The molecule has 28 heavy (non-hydrogen) atoms. The Morgan fingerprint density at radius 3 is 2.75 bits per heavy atom. The third-order valence-corrected chi connectivity index (χ3v) is 5.00. The van der Waals surface area contributed by atoms with E-state index in [9.17, 15) is 4.79 Å². The lowest BCUT2D eigenvalue weighted by Gasteiger charge is -2.29. The van der Waals surface area contributed by atoms with E-state index in [1.54, 1.807) is 18.5 Å². The van der Waals surface area contributed by atoms with E-state index in [2.05, 4.69) is 9.88 Å². The van der Waals surface area contributed by atoms with E-state index in [-0.39, 0.29) is 5.43 Å². The maximum Gasteiger partial charge on any atom is 0.200 e. The van der Waals surface area contributed by atoms with Gasteiger partial charge in [-0.3, -0.25) is 14.7 Å². The summed E-state index contributed by atoms with van der Waals surface area (Å²) in [6.45, 7) is 1.85. The Balaban J connectivity index is 1.54. The lowest BCUT2D eigenvalue weighted by atomic mass is 10.0. The van der Waals surface area contributed by atoms with Crippen LogP contribution in [0.5, 0.6) is 5.75 Å². The number of rotatable bonds is 3. The predicted molar refractivity (Wildman–Crippen MR) is 107 cm³/mol. The van der Waals surface area contributed by atoms with Crippen LogP contribution >= 0.6 is 0 Å². The largest absolute Gasteiger partial charge is 0.478 e. The fraction of sp³-hybridized carbons (Fsp3) is 0.130. The fourth-order valence-electron chi connectivity index (χ4n) is 3.62. The van der Waals surface area contributed by atoms with E-state index in [0.29, 0.717) is 29.8 Å². The molecule has 0 atom stereocenters. The molecule has 4 aromatic rings. The fourth-order valence-corrected chi connectivity index (χ4v) is 3.62. The summed E-state index contributed by atoms with van der Waals surface area (Å²) >= 11 is 0. The van der Waals surface area contributed by atoms with Crippen molar-refractivity contribution >= 4 is 11.0 Å². The molecule has 3 heterocycles. The molecule has 0 saturated carbocycles. The Morgan fingerprint density at radius 1 is 1.04 bits per heavy atom. The van der Waals surface area contributed by atoms with Gasteiger partial charge in [-0.2, -0.15) is 0 Å². The number of hydrogen-bond donors (Lipinski definition) is 0. The Morgan fingerprint density at radius 2 is 1.93 bits per heavy atom. The molecule has 0 saturated heterocycles. The Hall–Kier alpha value is -3.44. The average molecular weight is 370 g/mol. The van der Waals surface area contributed by atoms with Gasteiger partial charge in [-0.1, -0.05) is 36.4 Å². The molecule has 5 nitrogen and oxygen atoms in total. The van der Waals surface area contributed by atoms with Gasteiger partial charge in [0, 0.05) is 25.5 Å². The number of benzene rings is 2. The van der Waals surface area contributed by atoms with Gasteiger partial charge >= 0.3 is 0 Å². The van der Waals surface area contributed by atoms with Crippen molar-refractivity contribution in [2.24, 2.45) is 0 Å². The van der Waals surface area contributed by atoms with E-state index in [4.69, 9.17) is 9.15 Å². The monoisotopic (exact) mass is 370 g/mol. The van der Waals surface area contributed by atoms with Crippen molar-refractivity contribution in [1.29, 1.82) is 0 Å². The maximum absolute atomic E-state index is 13.1. The van der Waals surface area contributed by atoms with Crippen molar-refractivity contribution in [3.8, 4) is 16.9 Å². The van der Waals surface area contributed by atoms with Crippen LogP contribution in [-0.4, -0.2) is 16.6 Å². The van der Waals surface area contributed by atoms with Crippen molar-refractivity contribution in [2.75, 3.05) is 6.73 Å². The van der Waals surface area contributed by atoms with E-state index >= 15 is 0 Å². The van der Waals surface area contributed by atoms with Crippen molar-refractivity contribution in [3.63, 3.8) is 0 Å². The van der Waals surface area contributed by atoms with Crippen LogP contribution in [0.4, 0.5) is 0 Å². The standard InChI is InChI=1S/C23H18N2O3/c26-22-18-8-9-21-19(13-25(15-28-21)12-16-5-4-10-24-11-16)23(18)27-14-20(22)17-6-2-1-3-7-17/h1-11,14H,12-13,15H2. The molecule has 5 heteroatoms. The van der Waals surface area contributed by atoms with Crippen LogP contribution in [0.1, 0.15) is 11.1 Å². The van der Waals surface area contributed by atoms with Crippen molar-refractivity contribution < 1.29 is 9.15 Å². The molecular formula is C23H18N2O3. The molecule has 2 aromatic carbocycles. The highest BCUT2D eigenvalue weighted by molar-refractivity contribution is 5.85. The lowest BCUT2D eigenvalue weighted by molar-refractivity contribution is 0.0889. The van der Waals surface area contributed by atoms with Crippen LogP contribution < -0.4 is 10.2 Å². The minimum absolute atomic E-state index is 0.0281. The topological polar surface area (TPSA) is 55.6 Å². The zero-order chi connectivity index (χ0) is 18.9. The van der Waals surface area contributed by atoms with Gasteiger partial charge in [-0.15, -0.1) is 0 Å². The highest BCUT2D eigenvalue weighted by Gasteiger charge is 2.22. The van der Waals surface area contributed by atoms with E-state index < -0.39 is 0 Å². The number of fused-ring (bicyclic) bond motifs is 3. The van der Waals surface area contributed by atoms with Gasteiger partial charge in [0.15, 0.2) is 0 Å². The van der Waals surface area contributed by atoms with Crippen molar-refractivity contribution in [1.82, 2.24) is 9.88 Å². The van der Waals surface area contributed by atoms with E-state index in [1.165, 1.54) is 0 Å². The molecule has 1 aliphatic rings. The van der Waals surface area contributed by atoms with Gasteiger partial charge in [-0.05, 0) is 29.3 Å². The first-order valence-electron chi connectivity index (χ1n) is 9.16. The third kappa shape index (κ3) is 2.96. The first-order valence-corrected chi connectivity index (χ1v) is 9.16. The van der Waals surface area contributed by atoms with Crippen LogP contribution in [0.2, 0.25) is 0 Å². The van der Waals surface area contributed by atoms with Crippen LogP contribution in [0.3, 0.4) is 0 Å². The second-order valence-corrected chi connectivity index (χ2v) is 6.89. The Bertz CT molecular complexity index is 1190. The van der Waals surface area contributed by atoms with Crippen LogP contribution in [-0.2, 0) is 13.1 Å².